The summed E-state index contributed by atoms with van der Waals surface area (Å²) in [6.45, 7) is 5.95. The first kappa shape index (κ1) is 14.5. The molecule has 108 valence electrons. The summed E-state index contributed by atoms with van der Waals surface area (Å²) in [7, 11) is 0. The van der Waals surface area contributed by atoms with Crippen molar-refractivity contribution in [1.82, 2.24) is 0 Å². The van der Waals surface area contributed by atoms with Crippen LogP contribution in [0.3, 0.4) is 0 Å². The Kier molecular flexibility index (Phi) is 4.09. The highest BCUT2D eigenvalue weighted by molar-refractivity contribution is 5.87. The standard InChI is InChI=1S/C15H18FNO3/c1-15(2)10-20-8-7-17(15)13-5-4-12(16)9-11(13)3-6-14(18)19/h3-6,9H,7-8,10H2,1-2H3,(H,18,19). The number of morpholine rings is 1. The first-order valence-electron chi connectivity index (χ1n) is 6.46. The normalized spacial score (nSPS) is 18.4. The van der Waals surface area contributed by atoms with Crippen LogP contribution < -0.4 is 4.90 Å². The average Bonchev–Trinajstić information content (AvgIpc) is 2.37. The van der Waals surface area contributed by atoms with Gasteiger partial charge in [0.25, 0.3) is 0 Å². The van der Waals surface area contributed by atoms with Crippen molar-refractivity contribution in [1.29, 1.82) is 0 Å². The molecule has 5 heteroatoms. The van der Waals surface area contributed by atoms with Gasteiger partial charge in [-0.3, -0.25) is 0 Å². The molecule has 4 nitrogen and oxygen atoms in total. The number of hydrogen-bond donors (Lipinski definition) is 1. The number of carboxylic acids is 1. The molecule has 1 aromatic rings. The third kappa shape index (κ3) is 3.17. The van der Waals surface area contributed by atoms with Crippen LogP contribution in [-0.4, -0.2) is 36.4 Å². The minimum atomic E-state index is -1.05. The lowest BCUT2D eigenvalue weighted by Crippen LogP contribution is -2.53. The summed E-state index contributed by atoms with van der Waals surface area (Å²) in [5, 5.41) is 8.73. The SMILES string of the molecule is CC1(C)COCCN1c1ccc(F)cc1C=CC(=O)O. The highest BCUT2D eigenvalue weighted by Crippen LogP contribution is 2.31. The maximum absolute atomic E-state index is 13.4. The largest absolute Gasteiger partial charge is 0.478 e. The van der Waals surface area contributed by atoms with E-state index >= 15 is 0 Å². The molecule has 1 saturated heterocycles. The van der Waals surface area contributed by atoms with Crippen molar-refractivity contribution in [3.8, 4) is 0 Å². The molecule has 0 radical (unpaired) electrons. The van der Waals surface area contributed by atoms with Crippen LogP contribution in [0, 0.1) is 5.82 Å². The van der Waals surface area contributed by atoms with Gasteiger partial charge < -0.3 is 14.7 Å². The molecule has 1 heterocycles. The van der Waals surface area contributed by atoms with Gasteiger partial charge in [-0.25, -0.2) is 9.18 Å². The van der Waals surface area contributed by atoms with E-state index in [1.807, 2.05) is 13.8 Å². The second kappa shape index (κ2) is 5.63. The second-order valence-electron chi connectivity index (χ2n) is 5.39. The van der Waals surface area contributed by atoms with Gasteiger partial charge in [0.1, 0.15) is 5.82 Å². The van der Waals surface area contributed by atoms with E-state index < -0.39 is 5.97 Å². The Morgan fingerprint density at radius 1 is 1.50 bits per heavy atom. The van der Waals surface area contributed by atoms with Crippen LogP contribution in [0.4, 0.5) is 10.1 Å². The smallest absolute Gasteiger partial charge is 0.328 e. The monoisotopic (exact) mass is 279 g/mol. The molecule has 0 bridgehead atoms. The third-order valence-electron chi connectivity index (χ3n) is 3.33. The van der Waals surface area contributed by atoms with E-state index in [0.717, 1.165) is 11.8 Å². The molecule has 20 heavy (non-hydrogen) atoms. The van der Waals surface area contributed by atoms with Gasteiger partial charge in [0.05, 0.1) is 18.8 Å². The predicted octanol–water partition coefficient (Wildman–Crippen LogP) is 2.54. The summed E-state index contributed by atoms with van der Waals surface area (Å²) in [5.74, 6) is -1.44. The Morgan fingerprint density at radius 3 is 2.90 bits per heavy atom. The van der Waals surface area contributed by atoms with Crippen molar-refractivity contribution in [2.24, 2.45) is 0 Å². The minimum Gasteiger partial charge on any atom is -0.478 e. The zero-order valence-electron chi connectivity index (χ0n) is 11.6. The molecule has 0 spiro atoms. The lowest BCUT2D eigenvalue weighted by molar-refractivity contribution is -0.131. The molecule has 2 rings (SSSR count). The van der Waals surface area contributed by atoms with E-state index in [4.69, 9.17) is 9.84 Å². The van der Waals surface area contributed by atoms with Gasteiger partial charge in [-0.2, -0.15) is 0 Å². The topological polar surface area (TPSA) is 49.8 Å². The van der Waals surface area contributed by atoms with Gasteiger partial charge >= 0.3 is 5.97 Å². The quantitative estimate of drug-likeness (QED) is 0.864. The summed E-state index contributed by atoms with van der Waals surface area (Å²) < 4.78 is 18.9. The van der Waals surface area contributed by atoms with Crippen molar-refractivity contribution < 1.29 is 19.0 Å². The first-order chi connectivity index (χ1) is 9.40. The Morgan fingerprint density at radius 2 is 2.25 bits per heavy atom. The van der Waals surface area contributed by atoms with E-state index in [9.17, 15) is 9.18 Å². The molecule has 0 saturated carbocycles. The maximum Gasteiger partial charge on any atom is 0.328 e. The zero-order valence-corrected chi connectivity index (χ0v) is 11.6. The molecule has 1 N–H and O–H groups in total. The van der Waals surface area contributed by atoms with Crippen molar-refractivity contribution in [2.75, 3.05) is 24.7 Å². The van der Waals surface area contributed by atoms with Crippen molar-refractivity contribution in [3.05, 3.63) is 35.7 Å². The molecule has 1 aliphatic rings. The summed E-state index contributed by atoms with van der Waals surface area (Å²) in [6, 6.07) is 4.42. The fourth-order valence-electron chi connectivity index (χ4n) is 2.37. The summed E-state index contributed by atoms with van der Waals surface area (Å²) >= 11 is 0. The Bertz CT molecular complexity index is 540. The van der Waals surface area contributed by atoms with Crippen molar-refractivity contribution in [3.63, 3.8) is 0 Å². The van der Waals surface area contributed by atoms with Gasteiger partial charge in [0, 0.05) is 23.9 Å². The van der Waals surface area contributed by atoms with Crippen LogP contribution in [0.1, 0.15) is 19.4 Å². The van der Waals surface area contributed by atoms with Gasteiger partial charge in [-0.05, 0) is 38.1 Å². The van der Waals surface area contributed by atoms with Gasteiger partial charge in [-0.1, -0.05) is 0 Å². The summed E-state index contributed by atoms with van der Waals surface area (Å²) in [4.78, 5) is 12.8. The summed E-state index contributed by atoms with van der Waals surface area (Å²) in [6.07, 6.45) is 2.44. The summed E-state index contributed by atoms with van der Waals surface area (Å²) in [5.41, 5.74) is 1.15. The highest BCUT2D eigenvalue weighted by atomic mass is 19.1. The molecule has 0 amide bonds. The zero-order chi connectivity index (χ0) is 14.8. The van der Waals surface area contributed by atoms with Crippen molar-refractivity contribution >= 4 is 17.7 Å². The lowest BCUT2D eigenvalue weighted by Gasteiger charge is -2.44. The van der Waals surface area contributed by atoms with E-state index in [1.54, 1.807) is 6.07 Å². The molecule has 0 aliphatic carbocycles. The molecule has 0 aromatic heterocycles. The van der Waals surface area contributed by atoms with E-state index in [-0.39, 0.29) is 11.4 Å². The number of halogens is 1. The van der Waals surface area contributed by atoms with Crippen LogP contribution in [0.2, 0.25) is 0 Å². The minimum absolute atomic E-state index is 0.220. The molecular weight excluding hydrogens is 261 g/mol. The number of nitrogens with zero attached hydrogens (tertiary/aromatic N) is 1. The molecule has 1 fully saturated rings. The Hall–Kier alpha value is -1.88. The number of carbonyl (C=O) groups is 1. The van der Waals surface area contributed by atoms with Crippen LogP contribution >= 0.6 is 0 Å². The molecule has 1 aliphatic heterocycles. The molecular formula is C15H18FNO3. The number of aliphatic carboxylic acids is 1. The average molecular weight is 279 g/mol. The highest BCUT2D eigenvalue weighted by Gasteiger charge is 2.31. The van der Waals surface area contributed by atoms with Gasteiger partial charge in [-0.15, -0.1) is 0 Å². The third-order valence-corrected chi connectivity index (χ3v) is 3.33. The van der Waals surface area contributed by atoms with Crippen LogP contribution in [0.15, 0.2) is 24.3 Å². The predicted molar refractivity (Wildman–Crippen MR) is 75.3 cm³/mol. The molecule has 0 atom stereocenters. The number of anilines is 1. The Labute approximate surface area is 117 Å². The fourth-order valence-corrected chi connectivity index (χ4v) is 2.37. The van der Waals surface area contributed by atoms with E-state index in [1.165, 1.54) is 18.2 Å². The number of benzene rings is 1. The van der Waals surface area contributed by atoms with Crippen molar-refractivity contribution in [2.45, 2.75) is 19.4 Å². The van der Waals surface area contributed by atoms with E-state index in [0.29, 0.717) is 25.3 Å². The Balaban J connectivity index is 2.42. The van der Waals surface area contributed by atoms with Gasteiger partial charge in [0.2, 0.25) is 0 Å². The van der Waals surface area contributed by atoms with Gasteiger partial charge in [0.15, 0.2) is 0 Å². The molecule has 0 unspecified atom stereocenters. The second-order valence-corrected chi connectivity index (χ2v) is 5.39. The number of ether oxygens (including phenoxy) is 1. The number of rotatable bonds is 3. The maximum atomic E-state index is 13.4. The lowest BCUT2D eigenvalue weighted by atomic mass is 9.99. The number of hydrogen-bond acceptors (Lipinski definition) is 3. The van der Waals surface area contributed by atoms with Crippen LogP contribution in [0.5, 0.6) is 0 Å². The number of carboxylic acid groups (broad SMARTS) is 1. The van der Waals surface area contributed by atoms with Crippen LogP contribution in [-0.2, 0) is 9.53 Å². The fraction of sp³-hybridized carbons (Fsp3) is 0.400. The first-order valence-corrected chi connectivity index (χ1v) is 6.46. The van der Waals surface area contributed by atoms with Crippen LogP contribution in [0.25, 0.3) is 6.08 Å². The molecule has 1 aromatic carbocycles. The van der Waals surface area contributed by atoms with E-state index in [2.05, 4.69) is 4.90 Å².